The first kappa shape index (κ1) is 24.2. The van der Waals surface area contributed by atoms with Crippen molar-refractivity contribution in [1.82, 2.24) is 4.98 Å². The lowest BCUT2D eigenvalue weighted by Gasteiger charge is -2.19. The summed E-state index contributed by atoms with van der Waals surface area (Å²) in [5, 5.41) is 7.22. The largest absolute Gasteiger partial charge is 0.416 e. The smallest absolute Gasteiger partial charge is 0.264 e. The lowest BCUT2D eigenvalue weighted by Crippen LogP contribution is -2.04. The third-order valence-electron chi connectivity index (χ3n) is 7.46. The van der Waals surface area contributed by atoms with Crippen molar-refractivity contribution in [2.75, 3.05) is 0 Å². The van der Waals surface area contributed by atoms with E-state index in [1.165, 1.54) is 45.5 Å². The molecule has 0 fully saturated rings. The minimum Gasteiger partial charge on any atom is -0.264 e. The number of fused-ring (bicyclic) bond motifs is 6. The number of hydrogen-bond donors (Lipinski definition) is 0. The molecule has 5 aromatic carbocycles. The standard InChI is InChI=1S/C25H19F3.C9H7N/c26-25(27,28)18-11-8-17(9-12-18)20-6-3-7-21-22(20)14-15-23-19-5-2-1-4-16(19)10-13-24(21)23;1-2-4-9-7-10-6-5-8(9)3-1/h3,6-15H,1-2,4-5H2;1-7H. The second-order valence-electron chi connectivity index (χ2n) is 9.77. The molecule has 0 bridgehead atoms. The summed E-state index contributed by atoms with van der Waals surface area (Å²) in [5.74, 6) is 0. The number of nitrogens with zero attached hydrogens (tertiary/aromatic N) is 1. The van der Waals surface area contributed by atoms with Crippen molar-refractivity contribution < 1.29 is 13.2 Å². The Morgan fingerprint density at radius 2 is 1.29 bits per heavy atom. The van der Waals surface area contributed by atoms with Crippen molar-refractivity contribution in [2.45, 2.75) is 31.9 Å². The SMILES string of the molecule is FC(F)(F)c1ccc(-c2cccc3c2ccc2c4c(ccc23)CCCC4)cc1.c1ccc2cnccc2c1. The average molecular weight is 506 g/mol. The molecule has 0 saturated carbocycles. The zero-order chi connectivity index (χ0) is 26.1. The zero-order valence-electron chi connectivity index (χ0n) is 20.8. The van der Waals surface area contributed by atoms with E-state index >= 15 is 0 Å². The molecule has 1 aliphatic rings. The maximum atomic E-state index is 12.9. The third kappa shape index (κ3) is 4.63. The summed E-state index contributed by atoms with van der Waals surface area (Å²) in [7, 11) is 0. The van der Waals surface area contributed by atoms with Gasteiger partial charge in [0.2, 0.25) is 0 Å². The van der Waals surface area contributed by atoms with Crippen LogP contribution in [0.4, 0.5) is 13.2 Å². The van der Waals surface area contributed by atoms with Crippen LogP contribution in [0.25, 0.3) is 43.4 Å². The van der Waals surface area contributed by atoms with Gasteiger partial charge in [0, 0.05) is 12.4 Å². The Morgan fingerprint density at radius 3 is 2.08 bits per heavy atom. The molecule has 1 aromatic heterocycles. The van der Waals surface area contributed by atoms with Crippen LogP contribution in [-0.4, -0.2) is 4.98 Å². The van der Waals surface area contributed by atoms with Gasteiger partial charge in [-0.3, -0.25) is 4.98 Å². The summed E-state index contributed by atoms with van der Waals surface area (Å²) < 4.78 is 38.7. The minimum absolute atomic E-state index is 0.617. The van der Waals surface area contributed by atoms with Crippen LogP contribution >= 0.6 is 0 Å². The van der Waals surface area contributed by atoms with E-state index in [1.54, 1.807) is 12.1 Å². The van der Waals surface area contributed by atoms with E-state index in [4.69, 9.17) is 0 Å². The molecule has 38 heavy (non-hydrogen) atoms. The number of aryl methyl sites for hydroxylation is 2. The first-order chi connectivity index (χ1) is 18.5. The second-order valence-corrected chi connectivity index (χ2v) is 9.77. The molecule has 0 unspecified atom stereocenters. The highest BCUT2D eigenvalue weighted by Crippen LogP contribution is 2.38. The lowest BCUT2D eigenvalue weighted by atomic mass is 9.85. The molecule has 6 aromatic rings. The fourth-order valence-electron chi connectivity index (χ4n) is 5.55. The molecule has 0 N–H and O–H groups in total. The maximum Gasteiger partial charge on any atom is 0.416 e. The summed E-state index contributed by atoms with van der Waals surface area (Å²) in [6.07, 6.45) is 4.12. The maximum absolute atomic E-state index is 12.9. The van der Waals surface area contributed by atoms with Crippen LogP contribution in [0, 0.1) is 0 Å². The lowest BCUT2D eigenvalue weighted by molar-refractivity contribution is -0.137. The molecule has 7 rings (SSSR count). The average Bonchev–Trinajstić information content (AvgIpc) is 2.96. The van der Waals surface area contributed by atoms with Gasteiger partial charge in [0.1, 0.15) is 0 Å². The van der Waals surface area contributed by atoms with Crippen molar-refractivity contribution >= 4 is 32.3 Å². The van der Waals surface area contributed by atoms with E-state index in [0.717, 1.165) is 46.9 Å². The van der Waals surface area contributed by atoms with Crippen molar-refractivity contribution in [3.05, 3.63) is 126 Å². The first-order valence-corrected chi connectivity index (χ1v) is 12.9. The molecule has 1 heterocycles. The number of pyridine rings is 1. The summed E-state index contributed by atoms with van der Waals surface area (Å²) in [6.45, 7) is 0. The summed E-state index contributed by atoms with van der Waals surface area (Å²) >= 11 is 0. The predicted molar refractivity (Wildman–Crippen MR) is 150 cm³/mol. The van der Waals surface area contributed by atoms with Gasteiger partial charge in [-0.25, -0.2) is 0 Å². The van der Waals surface area contributed by atoms with Crippen LogP contribution < -0.4 is 0 Å². The second kappa shape index (κ2) is 9.94. The van der Waals surface area contributed by atoms with Crippen molar-refractivity contribution in [3.8, 4) is 11.1 Å². The van der Waals surface area contributed by atoms with Crippen molar-refractivity contribution in [1.29, 1.82) is 0 Å². The van der Waals surface area contributed by atoms with Gasteiger partial charge >= 0.3 is 6.18 Å². The quantitative estimate of drug-likeness (QED) is 0.203. The molecule has 188 valence electrons. The molecule has 0 atom stereocenters. The number of benzene rings is 5. The van der Waals surface area contributed by atoms with Crippen LogP contribution in [0.1, 0.15) is 29.5 Å². The fourth-order valence-corrected chi connectivity index (χ4v) is 5.55. The molecular weight excluding hydrogens is 479 g/mol. The summed E-state index contributed by atoms with van der Waals surface area (Å²) in [6, 6.07) is 30.5. The number of rotatable bonds is 1. The van der Waals surface area contributed by atoms with E-state index in [2.05, 4.69) is 47.4 Å². The van der Waals surface area contributed by atoms with Crippen LogP contribution in [0.3, 0.4) is 0 Å². The summed E-state index contributed by atoms with van der Waals surface area (Å²) in [4.78, 5) is 4.01. The van der Waals surface area contributed by atoms with Crippen molar-refractivity contribution in [3.63, 3.8) is 0 Å². The highest BCUT2D eigenvalue weighted by atomic mass is 19.4. The Bertz CT molecular complexity index is 1690. The van der Waals surface area contributed by atoms with Gasteiger partial charge in [-0.05, 0) is 98.5 Å². The molecule has 1 nitrogen and oxygen atoms in total. The van der Waals surface area contributed by atoms with Gasteiger partial charge in [-0.15, -0.1) is 0 Å². The number of halogens is 3. The van der Waals surface area contributed by atoms with Gasteiger partial charge in [-0.1, -0.05) is 78.9 Å². The van der Waals surface area contributed by atoms with Gasteiger partial charge in [-0.2, -0.15) is 13.2 Å². The molecule has 0 spiro atoms. The number of aromatic nitrogens is 1. The van der Waals surface area contributed by atoms with Crippen molar-refractivity contribution in [2.24, 2.45) is 0 Å². The molecule has 0 amide bonds. The van der Waals surface area contributed by atoms with Gasteiger partial charge < -0.3 is 0 Å². The molecule has 0 aliphatic heterocycles. The van der Waals surface area contributed by atoms with Crippen LogP contribution in [-0.2, 0) is 19.0 Å². The molecule has 4 heteroatoms. The number of hydrogen-bond acceptors (Lipinski definition) is 1. The van der Waals surface area contributed by atoms with Crippen LogP contribution in [0.2, 0.25) is 0 Å². The Morgan fingerprint density at radius 1 is 0.579 bits per heavy atom. The Kier molecular flexibility index (Phi) is 6.32. The first-order valence-electron chi connectivity index (χ1n) is 12.9. The summed E-state index contributed by atoms with van der Waals surface area (Å²) in [5.41, 5.74) is 4.07. The van der Waals surface area contributed by atoms with E-state index < -0.39 is 11.7 Å². The number of alkyl halides is 3. The van der Waals surface area contributed by atoms with Gasteiger partial charge in [0.05, 0.1) is 5.56 Å². The Hall–Kier alpha value is -4.18. The van der Waals surface area contributed by atoms with E-state index in [1.807, 2.05) is 42.7 Å². The third-order valence-corrected chi connectivity index (χ3v) is 7.46. The predicted octanol–water partition coefficient (Wildman–Crippen LogP) is 9.79. The van der Waals surface area contributed by atoms with Gasteiger partial charge in [0.15, 0.2) is 0 Å². The highest BCUT2D eigenvalue weighted by molar-refractivity contribution is 6.13. The van der Waals surface area contributed by atoms with E-state index in [9.17, 15) is 13.2 Å². The van der Waals surface area contributed by atoms with Crippen LogP contribution in [0.15, 0.2) is 109 Å². The Balaban J connectivity index is 0.000000221. The monoisotopic (exact) mass is 505 g/mol. The molecule has 0 radical (unpaired) electrons. The fraction of sp³-hybridized carbons (Fsp3) is 0.147. The normalized spacial score (nSPS) is 13.2. The van der Waals surface area contributed by atoms with E-state index in [0.29, 0.717) is 0 Å². The van der Waals surface area contributed by atoms with Gasteiger partial charge in [0.25, 0.3) is 0 Å². The zero-order valence-corrected chi connectivity index (χ0v) is 20.8. The molecule has 0 saturated heterocycles. The Labute approximate surface area is 219 Å². The molecular formula is C34H26F3N. The minimum atomic E-state index is -4.31. The highest BCUT2D eigenvalue weighted by Gasteiger charge is 2.30. The molecule has 1 aliphatic carbocycles. The topological polar surface area (TPSA) is 12.9 Å². The van der Waals surface area contributed by atoms with Crippen LogP contribution in [0.5, 0.6) is 0 Å². The van der Waals surface area contributed by atoms with E-state index in [-0.39, 0.29) is 0 Å².